The zero-order valence-corrected chi connectivity index (χ0v) is 13.7. The van der Waals surface area contributed by atoms with Gasteiger partial charge >= 0.3 is 0 Å². The molecule has 0 heterocycles. The van der Waals surface area contributed by atoms with Gasteiger partial charge in [0.15, 0.2) is 5.78 Å². The highest BCUT2D eigenvalue weighted by atomic mass is 16.5. The van der Waals surface area contributed by atoms with Crippen LogP contribution in [0, 0.1) is 5.92 Å². The molecule has 1 aromatic carbocycles. The number of ketones is 1. The van der Waals surface area contributed by atoms with E-state index < -0.39 is 5.60 Å². The lowest BCUT2D eigenvalue weighted by atomic mass is 9.73. The molecule has 2 aliphatic carbocycles. The summed E-state index contributed by atoms with van der Waals surface area (Å²) >= 11 is 0. The van der Waals surface area contributed by atoms with E-state index >= 15 is 0 Å². The Morgan fingerprint density at radius 2 is 1.95 bits per heavy atom. The molecule has 0 bridgehead atoms. The van der Waals surface area contributed by atoms with Gasteiger partial charge in [0.05, 0.1) is 0 Å². The first-order valence-electron chi connectivity index (χ1n) is 8.61. The molecule has 1 saturated carbocycles. The zero-order valence-electron chi connectivity index (χ0n) is 13.7. The monoisotopic (exact) mass is 298 g/mol. The number of benzene rings is 1. The van der Waals surface area contributed by atoms with Gasteiger partial charge in [-0.25, -0.2) is 0 Å². The molecule has 118 valence electrons. The third-order valence-corrected chi connectivity index (χ3v) is 5.41. The first kappa shape index (κ1) is 15.5. The minimum absolute atomic E-state index is 0.266. The van der Waals surface area contributed by atoms with E-state index in [0.717, 1.165) is 37.7 Å². The molecule has 2 nitrogen and oxygen atoms in total. The second kappa shape index (κ2) is 6.37. The predicted molar refractivity (Wildman–Crippen MR) is 88.8 cm³/mol. The minimum Gasteiger partial charge on any atom is -0.366 e. The van der Waals surface area contributed by atoms with Crippen molar-refractivity contribution < 1.29 is 9.53 Å². The summed E-state index contributed by atoms with van der Waals surface area (Å²) in [5.74, 6) is 0.583. The molecule has 0 N–H and O–H groups in total. The second-order valence-corrected chi connectivity index (χ2v) is 6.59. The lowest BCUT2D eigenvalue weighted by Crippen LogP contribution is -2.47. The Bertz CT molecular complexity index is 569. The van der Waals surface area contributed by atoms with Crippen LogP contribution in [0.25, 0.3) is 0 Å². The van der Waals surface area contributed by atoms with E-state index in [1.807, 2.05) is 19.9 Å². The molecule has 2 unspecified atom stereocenters. The molecule has 0 amide bonds. The number of rotatable bonds is 5. The van der Waals surface area contributed by atoms with Crippen molar-refractivity contribution in [3.8, 4) is 0 Å². The standard InChI is InChI=1S/C20H26O2/c1-3-22-20-14-8-7-11-18(20)17(15(2)19(20)21)13-12-16-9-5-4-6-10-16/h4-6,9-10,18H,3,7-8,11-14H2,1-2H3. The van der Waals surface area contributed by atoms with Crippen LogP contribution in [0.15, 0.2) is 41.5 Å². The smallest absolute Gasteiger partial charge is 0.190 e. The van der Waals surface area contributed by atoms with Crippen molar-refractivity contribution in [1.82, 2.24) is 0 Å². The fourth-order valence-corrected chi connectivity index (χ4v) is 4.38. The lowest BCUT2D eigenvalue weighted by Gasteiger charge is -2.39. The fourth-order valence-electron chi connectivity index (χ4n) is 4.38. The van der Waals surface area contributed by atoms with Crippen LogP contribution in [-0.2, 0) is 16.0 Å². The minimum atomic E-state index is -0.525. The van der Waals surface area contributed by atoms with Crippen molar-refractivity contribution in [1.29, 1.82) is 0 Å². The molecule has 2 atom stereocenters. The largest absolute Gasteiger partial charge is 0.366 e. The Hall–Kier alpha value is -1.41. The van der Waals surface area contributed by atoms with Gasteiger partial charge in [0.1, 0.15) is 5.60 Å². The summed E-state index contributed by atoms with van der Waals surface area (Å²) in [5, 5.41) is 0. The normalized spacial score (nSPS) is 28.1. The van der Waals surface area contributed by atoms with Gasteiger partial charge in [0.25, 0.3) is 0 Å². The van der Waals surface area contributed by atoms with Crippen molar-refractivity contribution in [2.75, 3.05) is 6.61 Å². The van der Waals surface area contributed by atoms with Crippen LogP contribution < -0.4 is 0 Å². The average Bonchev–Trinajstić information content (AvgIpc) is 2.76. The Balaban J connectivity index is 1.82. The summed E-state index contributed by atoms with van der Waals surface area (Å²) in [6, 6.07) is 10.6. The van der Waals surface area contributed by atoms with Crippen molar-refractivity contribution in [2.24, 2.45) is 5.92 Å². The van der Waals surface area contributed by atoms with Gasteiger partial charge in [-0.15, -0.1) is 0 Å². The Morgan fingerprint density at radius 3 is 2.68 bits per heavy atom. The number of hydrogen-bond acceptors (Lipinski definition) is 2. The zero-order chi connectivity index (χ0) is 15.6. The predicted octanol–water partition coefficient (Wildman–Crippen LogP) is 4.48. The highest BCUT2D eigenvalue weighted by Gasteiger charge is 2.54. The van der Waals surface area contributed by atoms with Crippen molar-refractivity contribution in [2.45, 2.75) is 58.0 Å². The first-order chi connectivity index (χ1) is 10.7. The van der Waals surface area contributed by atoms with E-state index in [9.17, 15) is 4.79 Å². The van der Waals surface area contributed by atoms with Gasteiger partial charge in [0.2, 0.25) is 0 Å². The molecule has 3 rings (SSSR count). The van der Waals surface area contributed by atoms with Gasteiger partial charge < -0.3 is 4.74 Å². The molecule has 0 aliphatic heterocycles. The summed E-state index contributed by atoms with van der Waals surface area (Å²) in [6.45, 7) is 4.65. The molecule has 2 aliphatic rings. The molecule has 0 radical (unpaired) electrons. The molecule has 22 heavy (non-hydrogen) atoms. The molecule has 0 saturated heterocycles. The van der Waals surface area contributed by atoms with E-state index in [4.69, 9.17) is 4.74 Å². The SMILES string of the molecule is CCOC12CCCCC1C(CCc1ccccc1)=C(C)C2=O. The summed E-state index contributed by atoms with van der Waals surface area (Å²) in [7, 11) is 0. The average molecular weight is 298 g/mol. The summed E-state index contributed by atoms with van der Waals surface area (Å²) in [5.41, 5.74) is 3.17. The summed E-state index contributed by atoms with van der Waals surface area (Å²) in [6.07, 6.45) is 6.33. The van der Waals surface area contributed by atoms with Crippen LogP contribution >= 0.6 is 0 Å². The van der Waals surface area contributed by atoms with Gasteiger partial charge in [-0.2, -0.15) is 0 Å². The van der Waals surface area contributed by atoms with E-state index in [1.54, 1.807) is 0 Å². The van der Waals surface area contributed by atoms with Crippen molar-refractivity contribution in [3.63, 3.8) is 0 Å². The van der Waals surface area contributed by atoms with E-state index in [0.29, 0.717) is 12.5 Å². The maximum atomic E-state index is 12.9. The number of hydrogen-bond donors (Lipinski definition) is 0. The van der Waals surface area contributed by atoms with Crippen LogP contribution in [0.1, 0.15) is 51.5 Å². The van der Waals surface area contributed by atoms with Crippen LogP contribution in [0.2, 0.25) is 0 Å². The van der Waals surface area contributed by atoms with Gasteiger partial charge in [0, 0.05) is 12.5 Å². The third-order valence-electron chi connectivity index (χ3n) is 5.41. The number of Topliss-reactive ketones (excluding diaryl/α,β-unsaturated/α-hetero) is 1. The molecule has 1 aromatic rings. The van der Waals surface area contributed by atoms with Crippen LogP contribution in [0.4, 0.5) is 0 Å². The number of fused-ring (bicyclic) bond motifs is 1. The molecule has 0 aromatic heterocycles. The van der Waals surface area contributed by atoms with Crippen molar-refractivity contribution in [3.05, 3.63) is 47.0 Å². The first-order valence-corrected chi connectivity index (χ1v) is 8.61. The number of aryl methyl sites for hydroxylation is 1. The lowest BCUT2D eigenvalue weighted by molar-refractivity contribution is -0.148. The van der Waals surface area contributed by atoms with Gasteiger partial charge in [-0.3, -0.25) is 4.79 Å². The topological polar surface area (TPSA) is 26.3 Å². The number of carbonyl (C=O) groups is 1. The van der Waals surface area contributed by atoms with E-state index in [-0.39, 0.29) is 5.78 Å². The highest BCUT2D eigenvalue weighted by Crippen LogP contribution is 2.50. The van der Waals surface area contributed by atoms with Crippen LogP contribution in [-0.4, -0.2) is 18.0 Å². The maximum Gasteiger partial charge on any atom is 0.190 e. The van der Waals surface area contributed by atoms with E-state index in [1.165, 1.54) is 17.6 Å². The molecular formula is C20H26O2. The fraction of sp³-hybridized carbons (Fsp3) is 0.550. The van der Waals surface area contributed by atoms with Gasteiger partial charge in [-0.05, 0) is 50.7 Å². The maximum absolute atomic E-state index is 12.9. The van der Waals surface area contributed by atoms with Crippen LogP contribution in [0.3, 0.4) is 0 Å². The summed E-state index contributed by atoms with van der Waals surface area (Å²) in [4.78, 5) is 12.9. The van der Waals surface area contributed by atoms with Crippen LogP contribution in [0.5, 0.6) is 0 Å². The Kier molecular flexibility index (Phi) is 4.49. The second-order valence-electron chi connectivity index (χ2n) is 6.59. The molecular weight excluding hydrogens is 272 g/mol. The number of ether oxygens (including phenoxy) is 1. The number of carbonyl (C=O) groups excluding carboxylic acids is 1. The highest BCUT2D eigenvalue weighted by molar-refractivity contribution is 6.05. The quantitative estimate of drug-likeness (QED) is 0.801. The van der Waals surface area contributed by atoms with Gasteiger partial charge in [-0.1, -0.05) is 48.7 Å². The Labute approximate surface area is 133 Å². The Morgan fingerprint density at radius 1 is 1.18 bits per heavy atom. The molecule has 2 heteroatoms. The molecule has 0 spiro atoms. The van der Waals surface area contributed by atoms with Crippen molar-refractivity contribution >= 4 is 5.78 Å². The third kappa shape index (κ3) is 2.54. The summed E-state index contributed by atoms with van der Waals surface area (Å²) < 4.78 is 6.07. The van der Waals surface area contributed by atoms with E-state index in [2.05, 4.69) is 24.3 Å². The molecule has 1 fully saturated rings.